The summed E-state index contributed by atoms with van der Waals surface area (Å²) in [6.07, 6.45) is 4.98. The summed E-state index contributed by atoms with van der Waals surface area (Å²) in [5.41, 5.74) is 2.34. The highest BCUT2D eigenvalue weighted by Crippen LogP contribution is 2.27. The minimum absolute atomic E-state index is 0.341. The number of hydrogen-bond donors (Lipinski definition) is 0. The van der Waals surface area contributed by atoms with Crippen molar-refractivity contribution in [1.29, 1.82) is 0 Å². The molecule has 1 aliphatic heterocycles. The minimum Gasteiger partial charge on any atom is -0.298 e. The van der Waals surface area contributed by atoms with E-state index in [9.17, 15) is 0 Å². The molecule has 1 rings (SSSR count). The molecule has 1 nitrogen and oxygen atoms in total. The van der Waals surface area contributed by atoms with Gasteiger partial charge >= 0.3 is 0 Å². The van der Waals surface area contributed by atoms with Crippen LogP contribution in [0.3, 0.4) is 0 Å². The SMILES string of the molecule is CC(C)(C)C=C1CCN(C(C)(C)C)CC1. The van der Waals surface area contributed by atoms with E-state index in [1.54, 1.807) is 5.57 Å². The van der Waals surface area contributed by atoms with Crippen LogP contribution >= 0.6 is 0 Å². The molecule has 0 amide bonds. The van der Waals surface area contributed by atoms with Gasteiger partial charge in [0.1, 0.15) is 0 Å². The highest BCUT2D eigenvalue weighted by molar-refractivity contribution is 5.10. The highest BCUT2D eigenvalue weighted by atomic mass is 15.2. The van der Waals surface area contributed by atoms with Crippen molar-refractivity contribution in [2.45, 2.75) is 59.9 Å². The van der Waals surface area contributed by atoms with Crippen LogP contribution in [0.2, 0.25) is 0 Å². The summed E-state index contributed by atoms with van der Waals surface area (Å²) in [6.45, 7) is 16.3. The molecule has 15 heavy (non-hydrogen) atoms. The van der Waals surface area contributed by atoms with Gasteiger partial charge in [0.15, 0.2) is 0 Å². The lowest BCUT2D eigenvalue weighted by Crippen LogP contribution is -2.44. The van der Waals surface area contributed by atoms with Crippen molar-refractivity contribution in [2.24, 2.45) is 5.41 Å². The molecule has 1 heterocycles. The zero-order chi connectivity index (χ0) is 11.7. The Bertz CT molecular complexity index is 227. The molecule has 0 bridgehead atoms. The summed E-state index contributed by atoms with van der Waals surface area (Å²) in [7, 11) is 0. The zero-order valence-corrected chi connectivity index (χ0v) is 11.4. The molecule has 0 saturated carbocycles. The first-order valence-corrected chi connectivity index (χ1v) is 6.14. The topological polar surface area (TPSA) is 3.24 Å². The maximum atomic E-state index is 2.59. The van der Waals surface area contributed by atoms with Gasteiger partial charge in [0.05, 0.1) is 0 Å². The molecule has 0 N–H and O–H groups in total. The van der Waals surface area contributed by atoms with Crippen molar-refractivity contribution in [1.82, 2.24) is 4.90 Å². The van der Waals surface area contributed by atoms with Gasteiger partial charge in [-0.3, -0.25) is 4.90 Å². The molecular formula is C14H27N. The van der Waals surface area contributed by atoms with Crippen molar-refractivity contribution in [3.63, 3.8) is 0 Å². The van der Waals surface area contributed by atoms with E-state index in [4.69, 9.17) is 0 Å². The Morgan fingerprint density at radius 3 is 1.73 bits per heavy atom. The zero-order valence-electron chi connectivity index (χ0n) is 11.4. The Morgan fingerprint density at radius 2 is 1.40 bits per heavy atom. The predicted octanol–water partition coefficient (Wildman–Crippen LogP) is 3.85. The molecular weight excluding hydrogens is 182 g/mol. The molecule has 88 valence electrons. The second-order valence-electron chi connectivity index (χ2n) is 6.83. The summed E-state index contributed by atoms with van der Waals surface area (Å²) < 4.78 is 0. The van der Waals surface area contributed by atoms with Crippen LogP contribution in [-0.2, 0) is 0 Å². The fourth-order valence-electron chi connectivity index (χ4n) is 2.22. The van der Waals surface area contributed by atoms with Gasteiger partial charge in [-0.25, -0.2) is 0 Å². The Kier molecular flexibility index (Phi) is 3.65. The van der Waals surface area contributed by atoms with Gasteiger partial charge in [0, 0.05) is 18.6 Å². The normalized spacial score (nSPS) is 20.5. The molecule has 0 unspecified atom stereocenters. The van der Waals surface area contributed by atoms with E-state index in [-0.39, 0.29) is 0 Å². The van der Waals surface area contributed by atoms with Gasteiger partial charge in [-0.1, -0.05) is 32.4 Å². The quantitative estimate of drug-likeness (QED) is 0.548. The van der Waals surface area contributed by atoms with Gasteiger partial charge in [-0.15, -0.1) is 0 Å². The molecule has 0 atom stereocenters. The summed E-state index contributed by atoms with van der Waals surface area (Å²) in [5.74, 6) is 0. The summed E-state index contributed by atoms with van der Waals surface area (Å²) >= 11 is 0. The highest BCUT2D eigenvalue weighted by Gasteiger charge is 2.24. The van der Waals surface area contributed by atoms with Crippen LogP contribution < -0.4 is 0 Å². The van der Waals surface area contributed by atoms with Gasteiger partial charge in [0.2, 0.25) is 0 Å². The van der Waals surface area contributed by atoms with E-state index in [2.05, 4.69) is 52.5 Å². The number of likely N-dealkylation sites (tertiary alicyclic amines) is 1. The monoisotopic (exact) mass is 209 g/mol. The van der Waals surface area contributed by atoms with Crippen molar-refractivity contribution in [3.05, 3.63) is 11.6 Å². The average Bonchev–Trinajstić information content (AvgIpc) is 2.00. The Morgan fingerprint density at radius 1 is 0.933 bits per heavy atom. The molecule has 1 fully saturated rings. The Hall–Kier alpha value is -0.300. The third-order valence-electron chi connectivity index (χ3n) is 2.99. The van der Waals surface area contributed by atoms with Crippen molar-refractivity contribution < 1.29 is 0 Å². The van der Waals surface area contributed by atoms with E-state index in [0.717, 1.165) is 0 Å². The molecule has 0 radical (unpaired) electrons. The van der Waals surface area contributed by atoms with Gasteiger partial charge in [-0.2, -0.15) is 0 Å². The van der Waals surface area contributed by atoms with E-state index in [0.29, 0.717) is 11.0 Å². The van der Waals surface area contributed by atoms with E-state index in [1.807, 2.05) is 0 Å². The largest absolute Gasteiger partial charge is 0.298 e. The smallest absolute Gasteiger partial charge is 0.0125 e. The Labute approximate surface area is 95.5 Å². The van der Waals surface area contributed by atoms with E-state index in [1.165, 1.54) is 25.9 Å². The second-order valence-corrected chi connectivity index (χ2v) is 6.83. The lowest BCUT2D eigenvalue weighted by molar-refractivity contribution is 0.125. The van der Waals surface area contributed by atoms with Gasteiger partial charge in [0.25, 0.3) is 0 Å². The van der Waals surface area contributed by atoms with E-state index >= 15 is 0 Å². The molecule has 0 aromatic carbocycles. The van der Waals surface area contributed by atoms with Crippen LogP contribution in [0.15, 0.2) is 11.6 Å². The molecule has 0 aliphatic carbocycles. The number of rotatable bonds is 0. The first kappa shape index (κ1) is 12.8. The molecule has 0 aromatic heterocycles. The fraction of sp³-hybridized carbons (Fsp3) is 0.857. The van der Waals surface area contributed by atoms with Crippen LogP contribution in [0.4, 0.5) is 0 Å². The lowest BCUT2D eigenvalue weighted by Gasteiger charge is -2.39. The number of nitrogens with zero attached hydrogens (tertiary/aromatic N) is 1. The first-order valence-electron chi connectivity index (χ1n) is 6.14. The number of piperidine rings is 1. The number of allylic oxidation sites excluding steroid dienone is 1. The van der Waals surface area contributed by atoms with Crippen LogP contribution in [0.1, 0.15) is 54.4 Å². The average molecular weight is 209 g/mol. The predicted molar refractivity (Wildman–Crippen MR) is 68.1 cm³/mol. The fourth-order valence-corrected chi connectivity index (χ4v) is 2.22. The summed E-state index contributed by atoms with van der Waals surface area (Å²) in [4.78, 5) is 2.59. The summed E-state index contributed by atoms with van der Waals surface area (Å²) in [5, 5.41) is 0. The standard InChI is InChI=1S/C14H27N/c1-13(2,3)11-12-7-9-15(10-8-12)14(4,5)6/h11H,7-10H2,1-6H3. The van der Waals surface area contributed by atoms with Crippen LogP contribution in [0.25, 0.3) is 0 Å². The van der Waals surface area contributed by atoms with Crippen molar-refractivity contribution >= 4 is 0 Å². The maximum Gasteiger partial charge on any atom is 0.0125 e. The van der Waals surface area contributed by atoms with Gasteiger partial charge in [-0.05, 0) is 39.0 Å². The van der Waals surface area contributed by atoms with Crippen molar-refractivity contribution in [3.8, 4) is 0 Å². The van der Waals surface area contributed by atoms with Gasteiger partial charge < -0.3 is 0 Å². The number of hydrogen-bond acceptors (Lipinski definition) is 1. The van der Waals surface area contributed by atoms with Crippen LogP contribution in [-0.4, -0.2) is 23.5 Å². The molecule has 1 saturated heterocycles. The molecule has 0 spiro atoms. The second kappa shape index (κ2) is 4.29. The third kappa shape index (κ3) is 4.38. The summed E-state index contributed by atoms with van der Waals surface area (Å²) in [6, 6.07) is 0. The maximum absolute atomic E-state index is 2.59. The van der Waals surface area contributed by atoms with Crippen LogP contribution in [0.5, 0.6) is 0 Å². The van der Waals surface area contributed by atoms with Crippen LogP contribution in [0, 0.1) is 5.41 Å². The first-order chi connectivity index (χ1) is 6.68. The van der Waals surface area contributed by atoms with Crippen molar-refractivity contribution in [2.75, 3.05) is 13.1 Å². The third-order valence-corrected chi connectivity index (χ3v) is 2.99. The molecule has 0 aromatic rings. The lowest BCUT2D eigenvalue weighted by atomic mass is 9.89. The molecule has 1 aliphatic rings. The minimum atomic E-state index is 0.341. The molecule has 1 heteroatoms. The van der Waals surface area contributed by atoms with E-state index < -0.39 is 0 Å². The Balaban J connectivity index is 2.54.